The Morgan fingerprint density at radius 2 is 1.27 bits per heavy atom. The number of aromatic amines is 1. The van der Waals surface area contributed by atoms with Gasteiger partial charge in [-0.2, -0.15) is 0 Å². The maximum absolute atomic E-state index is 13.5. The monoisotopic (exact) mass is 520 g/mol. The van der Waals surface area contributed by atoms with Crippen molar-refractivity contribution in [3.05, 3.63) is 134 Å². The summed E-state index contributed by atoms with van der Waals surface area (Å²) in [5, 5.41) is 18.8. The van der Waals surface area contributed by atoms with E-state index in [1.165, 1.54) is 0 Å². The van der Waals surface area contributed by atoms with Gasteiger partial charge in [-0.05, 0) is 87.0 Å². The Labute approximate surface area is 248 Å². The molecule has 0 amide bonds. The van der Waals surface area contributed by atoms with Gasteiger partial charge in [0.1, 0.15) is 5.82 Å². The molecule has 0 saturated heterocycles. The predicted molar refractivity (Wildman–Crippen MR) is 160 cm³/mol. The van der Waals surface area contributed by atoms with Crippen LogP contribution in [0.2, 0.25) is 0 Å². The molecule has 0 radical (unpaired) electrons. The number of imidazole rings is 1. The first-order chi connectivity index (χ1) is 19.8. The van der Waals surface area contributed by atoms with Crippen LogP contribution in [-0.4, -0.2) is 9.55 Å². The zero-order chi connectivity index (χ0) is 26.6. The topological polar surface area (TPSA) is 55.0 Å². The molecule has 8 aromatic rings. The first-order valence-electron chi connectivity index (χ1n) is 13.4. The number of hydrogen-bond donors (Lipinski definition) is 0. The fraction of sp³-hybridized carbons (Fsp3) is 0. The third kappa shape index (κ3) is 4.00. The Hall–Kier alpha value is -4.88. The minimum Gasteiger partial charge on any atom is -0.868 e. The molecule has 1 N–H and O–H groups in total. The number of para-hydroxylation sites is 3. The Bertz CT molecular complexity index is 2240. The van der Waals surface area contributed by atoms with E-state index in [1.807, 2.05) is 48.5 Å². The molecular formula is C36H23LiN3O+. The number of pyridine rings is 1. The first kappa shape index (κ1) is 25.1. The van der Waals surface area contributed by atoms with E-state index in [0.29, 0.717) is 11.1 Å². The maximum Gasteiger partial charge on any atom is 1.00 e. The molecule has 188 valence electrons. The second kappa shape index (κ2) is 9.94. The molecule has 8 rings (SSSR count). The van der Waals surface area contributed by atoms with Gasteiger partial charge in [0.25, 0.3) is 0 Å². The Kier molecular flexibility index (Phi) is 6.09. The Morgan fingerprint density at radius 3 is 2.07 bits per heavy atom. The van der Waals surface area contributed by atoms with Crippen LogP contribution in [0.15, 0.2) is 134 Å². The molecule has 0 aliphatic rings. The number of rotatable bonds is 3. The van der Waals surface area contributed by atoms with E-state index in [1.54, 1.807) is 6.20 Å². The standard InChI is InChI=1S/C36H23N3O.Li/c40-35-28(19-18-23-11-8-20-37-34(23)35)27-14-6-9-24-22-31-25(21-30(24)27)10-7-15-29(31)36-38-32-16-4-5-17-33(32)39(36)26-12-2-1-3-13-26;/h1-22,40H;/q;+1. The van der Waals surface area contributed by atoms with Gasteiger partial charge in [0, 0.05) is 22.7 Å². The summed E-state index contributed by atoms with van der Waals surface area (Å²) in [5.74, 6) is 0.913. The van der Waals surface area contributed by atoms with Crippen molar-refractivity contribution in [1.29, 1.82) is 0 Å². The number of benzene rings is 6. The van der Waals surface area contributed by atoms with E-state index in [0.717, 1.165) is 60.6 Å². The molecule has 0 atom stereocenters. The van der Waals surface area contributed by atoms with Crippen LogP contribution in [0, 0.1) is 0 Å². The zero-order valence-corrected chi connectivity index (χ0v) is 22.5. The number of H-pyrrole nitrogens is 1. The third-order valence-electron chi connectivity index (χ3n) is 7.78. The third-order valence-corrected chi connectivity index (χ3v) is 7.78. The second-order valence-electron chi connectivity index (χ2n) is 10.1. The van der Waals surface area contributed by atoms with Gasteiger partial charge in [-0.15, -0.1) is 0 Å². The summed E-state index contributed by atoms with van der Waals surface area (Å²) in [5.41, 5.74) is 6.42. The molecule has 0 unspecified atom stereocenters. The van der Waals surface area contributed by atoms with Crippen molar-refractivity contribution >= 4 is 43.5 Å². The Morgan fingerprint density at radius 1 is 0.585 bits per heavy atom. The number of aromatic nitrogens is 3. The fourth-order valence-electron chi connectivity index (χ4n) is 5.91. The smallest absolute Gasteiger partial charge is 0.868 e. The summed E-state index contributed by atoms with van der Waals surface area (Å²) in [6.07, 6.45) is 1.80. The number of nitrogens with zero attached hydrogens (tertiary/aromatic N) is 2. The van der Waals surface area contributed by atoms with Gasteiger partial charge in [-0.3, -0.25) is 4.57 Å². The van der Waals surface area contributed by atoms with Crippen molar-refractivity contribution in [3.63, 3.8) is 0 Å². The van der Waals surface area contributed by atoms with Gasteiger partial charge >= 0.3 is 18.9 Å². The van der Waals surface area contributed by atoms with Gasteiger partial charge in [-0.25, -0.2) is 9.97 Å². The van der Waals surface area contributed by atoms with Crippen molar-refractivity contribution in [2.24, 2.45) is 0 Å². The Balaban J connectivity index is 0.00000276. The van der Waals surface area contributed by atoms with E-state index < -0.39 is 0 Å². The summed E-state index contributed by atoms with van der Waals surface area (Å²) in [6.45, 7) is 0. The summed E-state index contributed by atoms with van der Waals surface area (Å²) < 4.78 is 2.24. The number of nitrogens with one attached hydrogen (secondary N) is 1. The van der Waals surface area contributed by atoms with Crippen LogP contribution in [0.4, 0.5) is 0 Å². The van der Waals surface area contributed by atoms with E-state index >= 15 is 0 Å². The largest absolute Gasteiger partial charge is 1.00 e. The summed E-state index contributed by atoms with van der Waals surface area (Å²) in [7, 11) is 0. The second-order valence-corrected chi connectivity index (χ2v) is 10.1. The molecule has 0 saturated carbocycles. The summed E-state index contributed by atoms with van der Waals surface area (Å²) >= 11 is 0. The minimum absolute atomic E-state index is 0. The van der Waals surface area contributed by atoms with Gasteiger partial charge in [0.05, 0.1) is 11.0 Å². The van der Waals surface area contributed by atoms with Crippen LogP contribution in [0.5, 0.6) is 5.75 Å². The normalized spacial score (nSPS) is 11.3. The van der Waals surface area contributed by atoms with Crippen LogP contribution in [0.1, 0.15) is 0 Å². The van der Waals surface area contributed by atoms with Crippen LogP contribution in [0.25, 0.3) is 71.7 Å². The minimum atomic E-state index is 0. The molecule has 2 aromatic heterocycles. The van der Waals surface area contributed by atoms with Crippen molar-refractivity contribution in [1.82, 2.24) is 9.55 Å². The number of fused-ring (bicyclic) bond motifs is 4. The van der Waals surface area contributed by atoms with E-state index in [2.05, 4.69) is 88.4 Å². The van der Waals surface area contributed by atoms with E-state index in [9.17, 15) is 5.11 Å². The van der Waals surface area contributed by atoms with Crippen molar-refractivity contribution in [2.75, 3.05) is 0 Å². The van der Waals surface area contributed by atoms with E-state index in [-0.39, 0.29) is 24.6 Å². The maximum atomic E-state index is 13.5. The summed E-state index contributed by atoms with van der Waals surface area (Å²) in [4.78, 5) is 8.25. The quantitative estimate of drug-likeness (QED) is 0.250. The predicted octanol–water partition coefficient (Wildman–Crippen LogP) is 4.71. The molecule has 0 fully saturated rings. The number of hydrogen-bond acceptors (Lipinski definition) is 2. The SMILES string of the molecule is [Li+].[O-]c1c(-c2cccc3cc4c(-c5nc6ccccc6n5-c5ccccc5)cccc4cc23)ccc2ccc[nH+]c12. The van der Waals surface area contributed by atoms with Crippen molar-refractivity contribution < 1.29 is 29.0 Å². The van der Waals surface area contributed by atoms with Gasteiger partial charge in [0.2, 0.25) is 5.52 Å². The average molecular weight is 521 g/mol. The van der Waals surface area contributed by atoms with Crippen molar-refractivity contribution in [2.45, 2.75) is 0 Å². The van der Waals surface area contributed by atoms with Gasteiger partial charge in [-0.1, -0.05) is 72.8 Å². The molecule has 4 nitrogen and oxygen atoms in total. The molecule has 5 heteroatoms. The van der Waals surface area contributed by atoms with Gasteiger partial charge < -0.3 is 5.11 Å². The summed E-state index contributed by atoms with van der Waals surface area (Å²) in [6, 6.07) is 43.5. The van der Waals surface area contributed by atoms with Crippen LogP contribution >= 0.6 is 0 Å². The molecule has 0 spiro atoms. The molecular weight excluding hydrogens is 497 g/mol. The van der Waals surface area contributed by atoms with Crippen LogP contribution < -0.4 is 29.0 Å². The first-order valence-corrected chi connectivity index (χ1v) is 13.4. The zero-order valence-electron chi connectivity index (χ0n) is 22.5. The van der Waals surface area contributed by atoms with Crippen LogP contribution in [-0.2, 0) is 0 Å². The molecule has 0 aliphatic carbocycles. The molecule has 6 aromatic carbocycles. The average Bonchev–Trinajstić information content (AvgIpc) is 3.40. The molecule has 2 heterocycles. The molecule has 41 heavy (non-hydrogen) atoms. The molecule has 0 bridgehead atoms. The fourth-order valence-corrected chi connectivity index (χ4v) is 5.91. The van der Waals surface area contributed by atoms with Crippen LogP contribution in [0.3, 0.4) is 0 Å². The van der Waals surface area contributed by atoms with E-state index in [4.69, 9.17) is 4.98 Å². The van der Waals surface area contributed by atoms with Gasteiger partial charge in [0.15, 0.2) is 6.20 Å². The molecule has 0 aliphatic heterocycles. The van der Waals surface area contributed by atoms with Crippen molar-refractivity contribution in [3.8, 4) is 34.0 Å².